The average Bonchev–Trinajstić information content (AvgIpc) is 3.14. The second kappa shape index (κ2) is 8.26. The minimum atomic E-state index is -3.29. The molecular weight excluding hydrogens is 441 g/mol. The van der Waals surface area contributed by atoms with Crippen molar-refractivity contribution in [3.05, 3.63) is 94.3 Å². The Hall–Kier alpha value is -2.60. The van der Waals surface area contributed by atoms with Crippen molar-refractivity contribution in [3.8, 4) is 22.6 Å². The lowest BCUT2D eigenvalue weighted by Gasteiger charge is -2.04. The lowest BCUT2D eigenvalue weighted by atomic mass is 10.1. The Morgan fingerprint density at radius 1 is 0.867 bits per heavy atom. The Labute approximate surface area is 185 Å². The highest BCUT2D eigenvalue weighted by Crippen LogP contribution is 2.36. The number of hydrogen-bond donors (Lipinski definition) is 0. The predicted molar refractivity (Wildman–Crippen MR) is 120 cm³/mol. The molecule has 0 saturated heterocycles. The molecule has 0 radical (unpaired) electrons. The molecule has 4 aromatic rings. The summed E-state index contributed by atoms with van der Waals surface area (Å²) in [6.07, 6.45) is 1.70. The number of nitrogens with zero attached hydrogens (tertiary/aromatic N) is 1. The van der Waals surface area contributed by atoms with Gasteiger partial charge in [0.1, 0.15) is 5.69 Å². The largest absolute Gasteiger partial charge is 0.440 e. The van der Waals surface area contributed by atoms with Gasteiger partial charge in [0.05, 0.1) is 14.9 Å². The number of aromatic nitrogens is 1. The number of hydrogen-bond acceptors (Lipinski definition) is 4. The summed E-state index contributed by atoms with van der Waals surface area (Å²) in [4.78, 5) is 4.95. The zero-order valence-corrected chi connectivity index (χ0v) is 18.3. The first-order valence-corrected chi connectivity index (χ1v) is 11.8. The van der Waals surface area contributed by atoms with E-state index in [1.165, 1.54) is 6.26 Å². The van der Waals surface area contributed by atoms with Crippen molar-refractivity contribution in [2.45, 2.75) is 11.3 Å². The van der Waals surface area contributed by atoms with Crippen molar-refractivity contribution < 1.29 is 12.8 Å². The minimum absolute atomic E-state index is 0.246. The molecule has 0 saturated carbocycles. The van der Waals surface area contributed by atoms with E-state index in [9.17, 15) is 8.42 Å². The Bertz CT molecular complexity index is 1300. The van der Waals surface area contributed by atoms with Gasteiger partial charge in [-0.05, 0) is 35.9 Å². The molecule has 0 aliphatic heterocycles. The normalized spacial score (nSPS) is 11.6. The van der Waals surface area contributed by atoms with Gasteiger partial charge in [-0.25, -0.2) is 13.4 Å². The van der Waals surface area contributed by atoms with Crippen LogP contribution in [0.4, 0.5) is 0 Å². The Morgan fingerprint density at radius 2 is 1.53 bits per heavy atom. The minimum Gasteiger partial charge on any atom is -0.440 e. The molecular formula is C23H17Cl2NO3S. The highest BCUT2D eigenvalue weighted by molar-refractivity contribution is 7.90. The van der Waals surface area contributed by atoms with Gasteiger partial charge in [0.25, 0.3) is 0 Å². The molecule has 0 aliphatic carbocycles. The number of sulfone groups is 1. The fraction of sp³-hybridized carbons (Fsp3) is 0.0870. The molecule has 0 N–H and O–H groups in total. The molecule has 4 rings (SSSR count). The van der Waals surface area contributed by atoms with Gasteiger partial charge < -0.3 is 4.42 Å². The number of rotatable bonds is 5. The van der Waals surface area contributed by atoms with Crippen LogP contribution in [0.1, 0.15) is 11.5 Å². The zero-order chi connectivity index (χ0) is 21.3. The van der Waals surface area contributed by atoms with Crippen LogP contribution in [0.25, 0.3) is 22.6 Å². The first-order valence-electron chi connectivity index (χ1n) is 9.11. The third kappa shape index (κ3) is 4.43. The molecule has 0 unspecified atom stereocenters. The summed E-state index contributed by atoms with van der Waals surface area (Å²) in [5, 5.41) is 0.858. The zero-order valence-electron chi connectivity index (χ0n) is 16.0. The van der Waals surface area contributed by atoms with Gasteiger partial charge >= 0.3 is 0 Å². The van der Waals surface area contributed by atoms with Gasteiger partial charge in [-0.15, -0.1) is 0 Å². The van der Waals surface area contributed by atoms with Gasteiger partial charge in [-0.1, -0.05) is 65.7 Å². The van der Waals surface area contributed by atoms with E-state index in [-0.39, 0.29) is 4.90 Å². The Balaban J connectivity index is 1.81. The Morgan fingerprint density at radius 3 is 2.17 bits per heavy atom. The van der Waals surface area contributed by atoms with E-state index in [1.807, 2.05) is 36.4 Å². The van der Waals surface area contributed by atoms with Crippen LogP contribution < -0.4 is 0 Å². The molecule has 1 heterocycles. The van der Waals surface area contributed by atoms with Crippen LogP contribution in [0.15, 0.2) is 82.1 Å². The molecule has 0 fully saturated rings. The van der Waals surface area contributed by atoms with Crippen LogP contribution in [0, 0.1) is 0 Å². The van der Waals surface area contributed by atoms with E-state index in [0.717, 1.165) is 16.7 Å². The lowest BCUT2D eigenvalue weighted by Crippen LogP contribution is -1.96. The van der Waals surface area contributed by atoms with E-state index in [4.69, 9.17) is 32.6 Å². The van der Waals surface area contributed by atoms with Crippen LogP contribution in [-0.2, 0) is 16.3 Å². The molecule has 1 aromatic heterocycles. The van der Waals surface area contributed by atoms with Crippen LogP contribution in [-0.4, -0.2) is 19.7 Å². The summed E-state index contributed by atoms with van der Waals surface area (Å²) in [5.74, 6) is 1.09. The van der Waals surface area contributed by atoms with Gasteiger partial charge in [0.15, 0.2) is 21.5 Å². The van der Waals surface area contributed by atoms with Gasteiger partial charge in [0, 0.05) is 23.8 Å². The maximum Gasteiger partial charge on any atom is 0.199 e. The van der Waals surface area contributed by atoms with E-state index >= 15 is 0 Å². The molecule has 0 spiro atoms. The van der Waals surface area contributed by atoms with Gasteiger partial charge in [-0.2, -0.15) is 0 Å². The SMILES string of the molecule is CS(=O)(=O)c1ccc(-c2nc(Cc3ccccc3)oc2-c2ccc(Cl)c(Cl)c2)cc1. The molecule has 30 heavy (non-hydrogen) atoms. The molecule has 4 nitrogen and oxygen atoms in total. The molecule has 0 aliphatic rings. The summed E-state index contributed by atoms with van der Waals surface area (Å²) in [5.41, 5.74) is 3.16. The van der Waals surface area contributed by atoms with Crippen molar-refractivity contribution in [1.29, 1.82) is 0 Å². The monoisotopic (exact) mass is 457 g/mol. The van der Waals surface area contributed by atoms with E-state index in [1.54, 1.807) is 36.4 Å². The van der Waals surface area contributed by atoms with Crippen LogP contribution in [0.3, 0.4) is 0 Å². The maximum absolute atomic E-state index is 11.8. The standard InChI is InChI=1S/C23H17Cl2NO3S/c1-30(27,28)18-10-7-16(8-11-18)22-23(17-9-12-19(24)20(25)14-17)29-21(26-22)13-15-5-3-2-4-6-15/h2-12,14H,13H2,1H3. The molecule has 3 aromatic carbocycles. The fourth-order valence-electron chi connectivity index (χ4n) is 3.10. The number of halogens is 2. The van der Waals surface area contributed by atoms with Gasteiger partial charge in [-0.3, -0.25) is 0 Å². The van der Waals surface area contributed by atoms with E-state index < -0.39 is 9.84 Å². The molecule has 0 bridgehead atoms. The average molecular weight is 458 g/mol. The summed E-state index contributed by atoms with van der Waals surface area (Å²) in [7, 11) is -3.29. The summed E-state index contributed by atoms with van der Waals surface area (Å²) in [6.45, 7) is 0. The van der Waals surface area contributed by atoms with Crippen molar-refractivity contribution in [2.75, 3.05) is 6.26 Å². The third-order valence-electron chi connectivity index (χ3n) is 4.61. The van der Waals surface area contributed by atoms with Crippen LogP contribution >= 0.6 is 23.2 Å². The predicted octanol–water partition coefficient (Wildman–Crippen LogP) is 6.31. The molecule has 152 valence electrons. The van der Waals surface area contributed by atoms with Gasteiger partial charge in [0.2, 0.25) is 0 Å². The molecule has 7 heteroatoms. The third-order valence-corrected chi connectivity index (χ3v) is 6.47. The quantitative estimate of drug-likeness (QED) is 0.352. The van der Waals surface area contributed by atoms with E-state index in [0.29, 0.717) is 33.8 Å². The summed E-state index contributed by atoms with van der Waals surface area (Å²) >= 11 is 12.3. The summed E-state index contributed by atoms with van der Waals surface area (Å²) < 4.78 is 29.7. The number of oxazole rings is 1. The second-order valence-corrected chi connectivity index (χ2v) is 9.70. The van der Waals surface area contributed by atoms with Crippen molar-refractivity contribution in [1.82, 2.24) is 4.98 Å². The topological polar surface area (TPSA) is 60.2 Å². The molecule has 0 amide bonds. The summed E-state index contributed by atoms with van der Waals surface area (Å²) in [6, 6.07) is 21.7. The van der Waals surface area contributed by atoms with Crippen molar-refractivity contribution >= 4 is 33.0 Å². The molecule has 0 atom stereocenters. The van der Waals surface area contributed by atoms with Crippen molar-refractivity contribution in [3.63, 3.8) is 0 Å². The highest BCUT2D eigenvalue weighted by atomic mass is 35.5. The first kappa shape index (κ1) is 20.7. The van der Waals surface area contributed by atoms with E-state index in [2.05, 4.69) is 0 Å². The fourth-order valence-corrected chi connectivity index (χ4v) is 4.03. The first-order chi connectivity index (χ1) is 14.3. The van der Waals surface area contributed by atoms with Crippen LogP contribution in [0.2, 0.25) is 10.0 Å². The second-order valence-electron chi connectivity index (χ2n) is 6.87. The number of benzene rings is 3. The smallest absolute Gasteiger partial charge is 0.199 e. The Kier molecular flexibility index (Phi) is 5.69. The van der Waals surface area contributed by atoms with Crippen LogP contribution in [0.5, 0.6) is 0 Å². The highest BCUT2D eigenvalue weighted by Gasteiger charge is 2.19. The maximum atomic E-state index is 11.8. The van der Waals surface area contributed by atoms with Crippen molar-refractivity contribution in [2.24, 2.45) is 0 Å². The lowest BCUT2D eigenvalue weighted by molar-refractivity contribution is 0.519.